The van der Waals surface area contributed by atoms with Crippen molar-refractivity contribution >= 4 is 11.7 Å². The van der Waals surface area contributed by atoms with Gasteiger partial charge in [-0.15, -0.1) is 0 Å². The van der Waals surface area contributed by atoms with Crippen LogP contribution in [0.4, 0.5) is 19.3 Å². The summed E-state index contributed by atoms with van der Waals surface area (Å²) in [5.41, 5.74) is 1.72. The fraction of sp³-hybridized carbons (Fsp3) is 0.261. The third-order valence-corrected chi connectivity index (χ3v) is 5.47. The number of urea groups is 1. The van der Waals surface area contributed by atoms with E-state index in [-0.39, 0.29) is 0 Å². The SMILES string of the molecule is COc1cc(NC(=O)N2CCn3cccc3[C@H]2c2ccc(F)c(F)c2)cc(OC)c1OC. The second-order valence-electron chi connectivity index (χ2n) is 7.24. The lowest BCUT2D eigenvalue weighted by atomic mass is 10.00. The van der Waals surface area contributed by atoms with Gasteiger partial charge in [0, 0.05) is 37.1 Å². The molecule has 0 saturated heterocycles. The molecular formula is C23H23F2N3O4. The number of methoxy groups -OCH3 is 3. The van der Waals surface area contributed by atoms with Crippen LogP contribution in [0.2, 0.25) is 0 Å². The molecule has 7 nitrogen and oxygen atoms in total. The molecule has 1 aliphatic rings. The molecule has 0 unspecified atom stereocenters. The summed E-state index contributed by atoms with van der Waals surface area (Å²) in [6, 6.07) is 9.68. The van der Waals surface area contributed by atoms with Gasteiger partial charge in [-0.3, -0.25) is 0 Å². The Labute approximate surface area is 184 Å². The summed E-state index contributed by atoms with van der Waals surface area (Å²) in [5.74, 6) is -0.702. The van der Waals surface area contributed by atoms with Gasteiger partial charge in [-0.05, 0) is 29.8 Å². The van der Waals surface area contributed by atoms with Crippen molar-refractivity contribution in [2.24, 2.45) is 0 Å². The summed E-state index contributed by atoms with van der Waals surface area (Å²) in [5, 5.41) is 2.86. The van der Waals surface area contributed by atoms with E-state index in [0.717, 1.165) is 17.8 Å². The van der Waals surface area contributed by atoms with Gasteiger partial charge in [0.25, 0.3) is 0 Å². The number of benzene rings is 2. The van der Waals surface area contributed by atoms with Crippen LogP contribution in [0.3, 0.4) is 0 Å². The Kier molecular flexibility index (Phi) is 5.89. The number of amides is 2. The first-order valence-corrected chi connectivity index (χ1v) is 9.94. The van der Waals surface area contributed by atoms with Gasteiger partial charge < -0.3 is 29.0 Å². The summed E-state index contributed by atoms with van der Waals surface area (Å²) < 4.78 is 45.6. The van der Waals surface area contributed by atoms with Gasteiger partial charge in [-0.2, -0.15) is 0 Å². The molecule has 2 amide bonds. The number of nitrogens with one attached hydrogen (secondary N) is 1. The van der Waals surface area contributed by atoms with Crippen molar-refractivity contribution in [2.75, 3.05) is 33.2 Å². The van der Waals surface area contributed by atoms with Crippen LogP contribution >= 0.6 is 0 Å². The third kappa shape index (κ3) is 3.81. The molecule has 0 aliphatic carbocycles. The molecular weight excluding hydrogens is 420 g/mol. The topological polar surface area (TPSA) is 65.0 Å². The van der Waals surface area contributed by atoms with Crippen molar-refractivity contribution in [2.45, 2.75) is 12.6 Å². The van der Waals surface area contributed by atoms with Crippen LogP contribution in [0.5, 0.6) is 17.2 Å². The van der Waals surface area contributed by atoms with Gasteiger partial charge in [-0.25, -0.2) is 13.6 Å². The van der Waals surface area contributed by atoms with E-state index < -0.39 is 23.7 Å². The molecule has 1 aromatic heterocycles. The molecule has 0 fully saturated rings. The Morgan fingerprint density at radius 3 is 2.31 bits per heavy atom. The first-order valence-electron chi connectivity index (χ1n) is 9.94. The second-order valence-corrected chi connectivity index (χ2v) is 7.24. The van der Waals surface area contributed by atoms with Crippen molar-refractivity contribution in [3.8, 4) is 17.2 Å². The van der Waals surface area contributed by atoms with Gasteiger partial charge in [0.15, 0.2) is 23.1 Å². The summed E-state index contributed by atoms with van der Waals surface area (Å²) in [7, 11) is 4.47. The second kappa shape index (κ2) is 8.78. The number of anilines is 1. The minimum atomic E-state index is -0.962. The largest absolute Gasteiger partial charge is 0.493 e. The molecule has 4 rings (SSSR count). The summed E-state index contributed by atoms with van der Waals surface area (Å²) >= 11 is 0. The highest BCUT2D eigenvalue weighted by molar-refractivity contribution is 5.91. The number of fused-ring (bicyclic) bond motifs is 1. The number of carbonyl (C=O) groups excluding carboxylic acids is 1. The van der Waals surface area contributed by atoms with E-state index in [1.54, 1.807) is 17.0 Å². The van der Waals surface area contributed by atoms with Gasteiger partial charge in [0.1, 0.15) is 0 Å². The highest BCUT2D eigenvalue weighted by Crippen LogP contribution is 2.40. The van der Waals surface area contributed by atoms with Gasteiger partial charge in [0.05, 0.1) is 33.1 Å². The standard InChI is InChI=1S/C23H23F2N3O4/c1-30-19-12-15(13-20(31-2)22(19)32-3)26-23(29)28-10-9-27-8-4-5-18(27)21(28)14-6-7-16(24)17(25)11-14/h4-8,11-13,21H,9-10H2,1-3H3,(H,26,29)/t21-/m1/s1. The summed E-state index contributed by atoms with van der Waals surface area (Å²) in [6.45, 7) is 0.951. The molecule has 0 saturated carbocycles. The van der Waals surface area contributed by atoms with Crippen LogP contribution in [-0.2, 0) is 6.54 Å². The average molecular weight is 443 g/mol. The van der Waals surface area contributed by atoms with E-state index >= 15 is 0 Å². The Balaban J connectivity index is 1.69. The zero-order valence-electron chi connectivity index (χ0n) is 17.9. The minimum absolute atomic E-state index is 0.377. The number of hydrogen-bond donors (Lipinski definition) is 1. The Morgan fingerprint density at radius 1 is 0.969 bits per heavy atom. The third-order valence-electron chi connectivity index (χ3n) is 5.47. The highest BCUT2D eigenvalue weighted by atomic mass is 19.2. The van der Waals surface area contributed by atoms with E-state index in [9.17, 15) is 13.6 Å². The van der Waals surface area contributed by atoms with Crippen LogP contribution in [0.1, 0.15) is 17.3 Å². The molecule has 0 radical (unpaired) electrons. The van der Waals surface area contributed by atoms with Crippen LogP contribution in [0.25, 0.3) is 0 Å². The number of ether oxygens (including phenoxy) is 3. The molecule has 0 spiro atoms. The number of nitrogens with zero attached hydrogens (tertiary/aromatic N) is 2. The molecule has 3 aromatic rings. The average Bonchev–Trinajstić information content (AvgIpc) is 3.28. The number of hydrogen-bond acceptors (Lipinski definition) is 4. The number of halogens is 2. The van der Waals surface area contributed by atoms with Gasteiger partial charge in [-0.1, -0.05) is 6.07 Å². The molecule has 0 bridgehead atoms. The highest BCUT2D eigenvalue weighted by Gasteiger charge is 2.33. The van der Waals surface area contributed by atoms with Crippen molar-refractivity contribution < 1.29 is 27.8 Å². The lowest BCUT2D eigenvalue weighted by molar-refractivity contribution is 0.181. The molecule has 168 valence electrons. The lowest BCUT2D eigenvalue weighted by Gasteiger charge is -2.37. The predicted octanol–water partition coefficient (Wildman–Crippen LogP) is 4.43. The van der Waals surface area contributed by atoms with E-state index in [1.165, 1.54) is 27.4 Å². The molecule has 2 aromatic carbocycles. The molecule has 1 N–H and O–H groups in total. The smallest absolute Gasteiger partial charge is 0.322 e. The fourth-order valence-electron chi connectivity index (χ4n) is 3.98. The quantitative estimate of drug-likeness (QED) is 0.634. The van der Waals surface area contributed by atoms with Crippen LogP contribution < -0.4 is 19.5 Å². The molecule has 32 heavy (non-hydrogen) atoms. The van der Waals surface area contributed by atoms with E-state index in [4.69, 9.17) is 14.2 Å². The van der Waals surface area contributed by atoms with Gasteiger partial charge in [0.2, 0.25) is 5.75 Å². The van der Waals surface area contributed by atoms with Crippen LogP contribution in [0.15, 0.2) is 48.7 Å². The molecule has 2 heterocycles. The monoisotopic (exact) mass is 443 g/mol. The van der Waals surface area contributed by atoms with Crippen LogP contribution in [0, 0.1) is 11.6 Å². The zero-order valence-corrected chi connectivity index (χ0v) is 17.9. The molecule has 1 aliphatic heterocycles. The first-order chi connectivity index (χ1) is 15.5. The Bertz CT molecular complexity index is 1120. The maximum absolute atomic E-state index is 14.0. The number of aromatic nitrogens is 1. The number of rotatable bonds is 5. The Morgan fingerprint density at radius 2 is 1.69 bits per heavy atom. The van der Waals surface area contributed by atoms with Crippen LogP contribution in [-0.4, -0.2) is 43.4 Å². The zero-order chi connectivity index (χ0) is 22.8. The normalized spacial score (nSPS) is 15.2. The lowest BCUT2D eigenvalue weighted by Crippen LogP contribution is -2.44. The maximum atomic E-state index is 14.0. The van der Waals surface area contributed by atoms with Crippen molar-refractivity contribution in [1.29, 1.82) is 0 Å². The summed E-state index contributed by atoms with van der Waals surface area (Å²) in [6.07, 6.45) is 1.90. The van der Waals surface area contributed by atoms with E-state index in [0.29, 0.717) is 41.6 Å². The van der Waals surface area contributed by atoms with Crippen molar-refractivity contribution in [1.82, 2.24) is 9.47 Å². The Hall–Kier alpha value is -3.75. The summed E-state index contributed by atoms with van der Waals surface area (Å²) in [4.78, 5) is 14.9. The number of carbonyl (C=O) groups is 1. The first kappa shape index (κ1) is 21.5. The van der Waals surface area contributed by atoms with Gasteiger partial charge >= 0.3 is 6.03 Å². The molecule has 1 atom stereocenters. The fourth-order valence-corrected chi connectivity index (χ4v) is 3.98. The predicted molar refractivity (Wildman–Crippen MR) is 114 cm³/mol. The molecule has 9 heteroatoms. The van der Waals surface area contributed by atoms with Crippen molar-refractivity contribution in [3.05, 3.63) is 71.6 Å². The van der Waals surface area contributed by atoms with Crippen molar-refractivity contribution in [3.63, 3.8) is 0 Å². The van der Waals surface area contributed by atoms with E-state index in [2.05, 4.69) is 5.32 Å². The van der Waals surface area contributed by atoms with E-state index in [1.807, 2.05) is 22.9 Å². The maximum Gasteiger partial charge on any atom is 0.322 e. The minimum Gasteiger partial charge on any atom is -0.493 e.